The Labute approximate surface area is 105 Å². The molecule has 0 saturated heterocycles. The molecule has 0 unspecified atom stereocenters. The fraction of sp³-hybridized carbons (Fsp3) is 0.385. The number of hydrogen-bond donors (Lipinski definition) is 2. The summed E-state index contributed by atoms with van der Waals surface area (Å²) in [7, 11) is 0. The number of amides is 1. The van der Waals surface area contributed by atoms with Crippen LogP contribution in [-0.4, -0.2) is 19.0 Å². The van der Waals surface area contributed by atoms with E-state index in [1.165, 1.54) is 12.1 Å². The molecule has 5 heteroatoms. The molecule has 1 aromatic rings. The molecule has 0 atom stereocenters. The summed E-state index contributed by atoms with van der Waals surface area (Å²) in [5, 5.41) is 14.3. The first-order chi connectivity index (χ1) is 8.70. The van der Waals surface area contributed by atoms with E-state index in [4.69, 9.17) is 5.26 Å². The summed E-state index contributed by atoms with van der Waals surface area (Å²) < 4.78 is 13.5. The van der Waals surface area contributed by atoms with Gasteiger partial charge in [-0.1, -0.05) is 0 Å². The fourth-order valence-electron chi connectivity index (χ4n) is 1.60. The van der Waals surface area contributed by atoms with Crippen molar-refractivity contribution in [2.45, 2.75) is 12.8 Å². The molecule has 4 nitrogen and oxygen atoms in total. The van der Waals surface area contributed by atoms with Crippen molar-refractivity contribution in [2.24, 2.45) is 5.92 Å². The van der Waals surface area contributed by atoms with Crippen LogP contribution in [0.1, 0.15) is 18.4 Å². The number of anilines is 1. The largest absolute Gasteiger partial charge is 0.381 e. The second-order valence-corrected chi connectivity index (χ2v) is 4.30. The van der Waals surface area contributed by atoms with Crippen LogP contribution in [0.2, 0.25) is 0 Å². The average Bonchev–Trinajstić information content (AvgIpc) is 3.20. The van der Waals surface area contributed by atoms with E-state index >= 15 is 0 Å². The first-order valence-corrected chi connectivity index (χ1v) is 5.92. The maximum atomic E-state index is 13.5. The lowest BCUT2D eigenvalue weighted by molar-refractivity contribution is -0.122. The van der Waals surface area contributed by atoms with Crippen LogP contribution < -0.4 is 10.6 Å². The van der Waals surface area contributed by atoms with E-state index in [-0.39, 0.29) is 11.8 Å². The molecule has 1 aliphatic carbocycles. The number of nitrogens with zero attached hydrogens (tertiary/aromatic N) is 1. The van der Waals surface area contributed by atoms with E-state index in [9.17, 15) is 9.18 Å². The molecule has 1 aromatic carbocycles. The van der Waals surface area contributed by atoms with Gasteiger partial charge in [0.15, 0.2) is 0 Å². The molecule has 0 radical (unpaired) electrons. The number of halogens is 1. The van der Waals surface area contributed by atoms with Crippen molar-refractivity contribution in [3.63, 3.8) is 0 Å². The summed E-state index contributed by atoms with van der Waals surface area (Å²) in [6.45, 7) is 0.927. The Bertz CT molecular complexity index is 491. The van der Waals surface area contributed by atoms with Crippen LogP contribution in [0.15, 0.2) is 18.2 Å². The number of nitriles is 1. The smallest absolute Gasteiger partial charge is 0.223 e. The lowest BCUT2D eigenvalue weighted by Gasteiger charge is -2.08. The van der Waals surface area contributed by atoms with Crippen molar-refractivity contribution in [2.75, 3.05) is 18.4 Å². The molecule has 0 spiro atoms. The summed E-state index contributed by atoms with van der Waals surface area (Å²) in [5.41, 5.74) is 0.634. The van der Waals surface area contributed by atoms with Crippen LogP contribution in [0, 0.1) is 23.1 Å². The molecule has 0 aromatic heterocycles. The summed E-state index contributed by atoms with van der Waals surface area (Å²) >= 11 is 0. The Morgan fingerprint density at radius 2 is 2.22 bits per heavy atom. The summed E-state index contributed by atoms with van der Waals surface area (Å²) in [5.74, 6) is -0.184. The summed E-state index contributed by atoms with van der Waals surface area (Å²) in [6.07, 6.45) is 1.95. The van der Waals surface area contributed by atoms with Crippen LogP contribution in [0.5, 0.6) is 0 Å². The third kappa shape index (κ3) is 3.20. The van der Waals surface area contributed by atoms with Gasteiger partial charge >= 0.3 is 0 Å². The first-order valence-electron chi connectivity index (χ1n) is 5.92. The van der Waals surface area contributed by atoms with Crippen molar-refractivity contribution in [3.05, 3.63) is 29.6 Å². The average molecular weight is 247 g/mol. The molecule has 18 heavy (non-hydrogen) atoms. The highest BCUT2D eigenvalue weighted by Gasteiger charge is 2.28. The lowest BCUT2D eigenvalue weighted by atomic mass is 10.2. The van der Waals surface area contributed by atoms with Gasteiger partial charge in [0.25, 0.3) is 0 Å². The molecule has 0 aliphatic heterocycles. The molecule has 0 bridgehead atoms. The van der Waals surface area contributed by atoms with Crippen LogP contribution in [0.3, 0.4) is 0 Å². The van der Waals surface area contributed by atoms with Gasteiger partial charge in [-0.25, -0.2) is 4.39 Å². The molecule has 1 aliphatic rings. The second-order valence-electron chi connectivity index (χ2n) is 4.30. The van der Waals surface area contributed by atoms with E-state index in [1.54, 1.807) is 6.07 Å². The third-order valence-corrected chi connectivity index (χ3v) is 2.79. The van der Waals surface area contributed by atoms with Crippen molar-refractivity contribution in [3.8, 4) is 6.07 Å². The van der Waals surface area contributed by atoms with Crippen LogP contribution in [0.4, 0.5) is 10.1 Å². The topological polar surface area (TPSA) is 64.9 Å². The van der Waals surface area contributed by atoms with E-state index in [0.29, 0.717) is 24.3 Å². The number of hydrogen-bond acceptors (Lipinski definition) is 3. The van der Waals surface area contributed by atoms with E-state index < -0.39 is 5.82 Å². The zero-order valence-electron chi connectivity index (χ0n) is 9.87. The van der Waals surface area contributed by atoms with Crippen LogP contribution in [0.25, 0.3) is 0 Å². The minimum absolute atomic E-state index is 0.0806. The number of carbonyl (C=O) groups excluding carboxylic acids is 1. The number of rotatable bonds is 5. The van der Waals surface area contributed by atoms with Gasteiger partial charge in [-0.15, -0.1) is 0 Å². The van der Waals surface area contributed by atoms with Gasteiger partial charge in [-0.05, 0) is 31.0 Å². The van der Waals surface area contributed by atoms with E-state index in [0.717, 1.165) is 12.8 Å². The zero-order chi connectivity index (χ0) is 13.0. The molecular formula is C13H14FN3O. The highest BCUT2D eigenvalue weighted by molar-refractivity contribution is 5.80. The monoisotopic (exact) mass is 247 g/mol. The Hall–Kier alpha value is -2.09. The predicted octanol–water partition coefficient (Wildman–Crippen LogP) is 1.64. The van der Waals surface area contributed by atoms with Crippen LogP contribution >= 0.6 is 0 Å². The molecule has 94 valence electrons. The normalized spacial score (nSPS) is 13.8. The number of nitrogens with one attached hydrogen (secondary N) is 2. The molecule has 1 fully saturated rings. The van der Waals surface area contributed by atoms with Crippen molar-refractivity contribution in [1.29, 1.82) is 5.26 Å². The maximum absolute atomic E-state index is 13.5. The Morgan fingerprint density at radius 1 is 1.44 bits per heavy atom. The zero-order valence-corrected chi connectivity index (χ0v) is 9.87. The summed E-state index contributed by atoms with van der Waals surface area (Å²) in [4.78, 5) is 11.3. The minimum atomic E-state index is -0.456. The number of carbonyl (C=O) groups is 1. The van der Waals surface area contributed by atoms with Gasteiger partial charge < -0.3 is 10.6 Å². The van der Waals surface area contributed by atoms with Crippen molar-refractivity contribution < 1.29 is 9.18 Å². The highest BCUT2D eigenvalue weighted by Crippen LogP contribution is 2.28. The van der Waals surface area contributed by atoms with Crippen molar-refractivity contribution >= 4 is 11.6 Å². The van der Waals surface area contributed by atoms with Gasteiger partial charge in [-0.3, -0.25) is 4.79 Å². The van der Waals surface area contributed by atoms with Gasteiger partial charge in [0.05, 0.1) is 17.3 Å². The van der Waals surface area contributed by atoms with Gasteiger partial charge in [0.1, 0.15) is 5.82 Å². The van der Waals surface area contributed by atoms with Gasteiger partial charge in [-0.2, -0.15) is 5.26 Å². The lowest BCUT2D eigenvalue weighted by Crippen LogP contribution is -2.29. The molecule has 1 amide bonds. The Morgan fingerprint density at radius 3 is 2.83 bits per heavy atom. The van der Waals surface area contributed by atoms with E-state index in [1.807, 2.05) is 6.07 Å². The maximum Gasteiger partial charge on any atom is 0.223 e. The van der Waals surface area contributed by atoms with Crippen molar-refractivity contribution in [1.82, 2.24) is 5.32 Å². The molecular weight excluding hydrogens is 233 g/mol. The minimum Gasteiger partial charge on any atom is -0.381 e. The fourth-order valence-corrected chi connectivity index (χ4v) is 1.60. The standard InChI is InChI=1S/C13H14FN3O/c14-11-7-9(8-15)1-4-12(11)16-5-6-17-13(18)10-2-3-10/h1,4,7,10,16H,2-3,5-6H2,(H,17,18). The molecule has 1 saturated carbocycles. The third-order valence-electron chi connectivity index (χ3n) is 2.79. The van der Waals surface area contributed by atoms with Gasteiger partial charge in [0, 0.05) is 19.0 Å². The SMILES string of the molecule is N#Cc1ccc(NCCNC(=O)C2CC2)c(F)c1. The second kappa shape index (κ2) is 5.50. The Kier molecular flexibility index (Phi) is 3.78. The first kappa shape index (κ1) is 12.4. The molecule has 0 heterocycles. The highest BCUT2D eigenvalue weighted by atomic mass is 19.1. The molecule has 2 N–H and O–H groups in total. The van der Waals surface area contributed by atoms with E-state index in [2.05, 4.69) is 10.6 Å². The van der Waals surface area contributed by atoms with Crippen LogP contribution in [-0.2, 0) is 4.79 Å². The summed E-state index contributed by atoms with van der Waals surface area (Å²) in [6, 6.07) is 6.13. The van der Waals surface area contributed by atoms with Gasteiger partial charge in [0.2, 0.25) is 5.91 Å². The predicted molar refractivity (Wildman–Crippen MR) is 65.3 cm³/mol. The quantitative estimate of drug-likeness (QED) is 0.777. The Balaban J connectivity index is 1.76. The molecule has 2 rings (SSSR count). The number of benzene rings is 1.